The zero-order chi connectivity index (χ0) is 11.9. The summed E-state index contributed by atoms with van der Waals surface area (Å²) in [6, 6.07) is 13.2. The van der Waals surface area contributed by atoms with E-state index in [-0.39, 0.29) is 0 Å². The van der Waals surface area contributed by atoms with Crippen molar-refractivity contribution in [3.8, 4) is 0 Å². The number of hydrogen-bond acceptors (Lipinski definition) is 0. The lowest BCUT2D eigenvalue weighted by atomic mass is 9.76. The lowest BCUT2D eigenvalue weighted by Crippen LogP contribution is -2.13. The topological polar surface area (TPSA) is 0 Å². The maximum absolute atomic E-state index is 2.33. The average molecular weight is 230 g/mol. The molecule has 0 aromatic heterocycles. The number of hydrogen-bond donors (Lipinski definition) is 0. The second-order valence-electron chi connectivity index (χ2n) is 5.02. The molecule has 2 unspecified atom stereocenters. The molecule has 0 bridgehead atoms. The second-order valence-corrected chi connectivity index (χ2v) is 5.02. The average Bonchev–Trinajstić information content (AvgIpc) is 2.46. The van der Waals surface area contributed by atoms with Crippen LogP contribution in [0.4, 0.5) is 0 Å². The quantitative estimate of drug-likeness (QED) is 0.615. The Hall–Kier alpha value is -2.08. The maximum atomic E-state index is 2.33. The van der Waals surface area contributed by atoms with Gasteiger partial charge >= 0.3 is 0 Å². The molecule has 0 amide bonds. The van der Waals surface area contributed by atoms with Crippen molar-refractivity contribution < 1.29 is 0 Å². The van der Waals surface area contributed by atoms with E-state index in [1.165, 1.54) is 21.9 Å². The highest BCUT2D eigenvalue weighted by molar-refractivity contribution is 5.93. The molecule has 86 valence electrons. The fraction of sp³-hybridized carbons (Fsp3) is 0.111. The van der Waals surface area contributed by atoms with E-state index >= 15 is 0 Å². The van der Waals surface area contributed by atoms with E-state index in [1.807, 2.05) is 0 Å². The summed E-state index contributed by atoms with van der Waals surface area (Å²) in [6.07, 6.45) is 13.6. The summed E-state index contributed by atoms with van der Waals surface area (Å²) in [7, 11) is 0. The predicted octanol–water partition coefficient (Wildman–Crippen LogP) is 4.69. The van der Waals surface area contributed by atoms with Gasteiger partial charge < -0.3 is 0 Å². The van der Waals surface area contributed by atoms with E-state index in [9.17, 15) is 0 Å². The Morgan fingerprint density at radius 2 is 1.67 bits per heavy atom. The Morgan fingerprint density at radius 3 is 2.67 bits per heavy atom. The van der Waals surface area contributed by atoms with E-state index in [4.69, 9.17) is 0 Å². The molecule has 0 saturated heterocycles. The minimum absolute atomic E-state index is 0.514. The molecule has 2 aromatic carbocycles. The first kappa shape index (κ1) is 9.90. The molecule has 0 nitrogen and oxygen atoms in total. The first-order valence-electron chi connectivity index (χ1n) is 6.48. The van der Waals surface area contributed by atoms with E-state index in [0.717, 1.165) is 0 Å². The molecule has 2 aromatic rings. The van der Waals surface area contributed by atoms with Crippen LogP contribution in [-0.2, 0) is 0 Å². The van der Waals surface area contributed by atoms with Gasteiger partial charge in [0, 0.05) is 11.8 Å². The monoisotopic (exact) mass is 230 g/mol. The van der Waals surface area contributed by atoms with Crippen LogP contribution in [0.5, 0.6) is 0 Å². The van der Waals surface area contributed by atoms with Crippen molar-refractivity contribution in [1.29, 1.82) is 0 Å². The Labute approximate surface area is 107 Å². The minimum Gasteiger partial charge on any atom is -0.0767 e. The van der Waals surface area contributed by atoms with Crippen LogP contribution in [0.1, 0.15) is 17.0 Å². The van der Waals surface area contributed by atoms with Gasteiger partial charge in [0.1, 0.15) is 0 Å². The summed E-state index contributed by atoms with van der Waals surface area (Å²) < 4.78 is 0. The fourth-order valence-corrected chi connectivity index (χ4v) is 3.12. The fourth-order valence-electron chi connectivity index (χ4n) is 3.12. The largest absolute Gasteiger partial charge is 0.0767 e. The van der Waals surface area contributed by atoms with Crippen LogP contribution >= 0.6 is 0 Å². The van der Waals surface area contributed by atoms with E-state index in [0.29, 0.717) is 11.8 Å². The molecule has 0 fully saturated rings. The molecule has 0 heterocycles. The molecule has 0 N–H and O–H groups in total. The highest BCUT2D eigenvalue weighted by atomic mass is 14.3. The van der Waals surface area contributed by atoms with Crippen LogP contribution in [0.25, 0.3) is 16.8 Å². The third kappa shape index (κ3) is 1.32. The van der Waals surface area contributed by atoms with Gasteiger partial charge in [-0.05, 0) is 21.9 Å². The highest BCUT2D eigenvalue weighted by Crippen LogP contribution is 2.40. The van der Waals surface area contributed by atoms with E-state index < -0.39 is 0 Å². The van der Waals surface area contributed by atoms with Gasteiger partial charge in [-0.25, -0.2) is 0 Å². The highest BCUT2D eigenvalue weighted by Gasteiger charge is 2.24. The van der Waals surface area contributed by atoms with Crippen molar-refractivity contribution in [3.63, 3.8) is 0 Å². The smallest absolute Gasteiger partial charge is 0.0125 e. The molecule has 2 aliphatic carbocycles. The maximum Gasteiger partial charge on any atom is 0.0125 e. The molecule has 18 heavy (non-hydrogen) atoms. The first-order valence-corrected chi connectivity index (χ1v) is 6.48. The van der Waals surface area contributed by atoms with Crippen molar-refractivity contribution in [1.82, 2.24) is 0 Å². The van der Waals surface area contributed by atoms with Gasteiger partial charge in [0.15, 0.2) is 0 Å². The first-order chi connectivity index (χ1) is 8.93. The van der Waals surface area contributed by atoms with Crippen molar-refractivity contribution >= 4 is 16.8 Å². The molecule has 2 atom stereocenters. The lowest BCUT2D eigenvalue weighted by molar-refractivity contribution is 0.693. The third-order valence-electron chi connectivity index (χ3n) is 4.03. The predicted molar refractivity (Wildman–Crippen MR) is 77.5 cm³/mol. The van der Waals surface area contributed by atoms with Gasteiger partial charge in [-0.15, -0.1) is 0 Å². The Bertz CT molecular complexity index is 701. The zero-order valence-electron chi connectivity index (χ0n) is 10.1. The normalized spacial score (nSPS) is 24.0. The number of rotatable bonds is 0. The molecule has 0 saturated carbocycles. The van der Waals surface area contributed by atoms with Crippen molar-refractivity contribution in [2.45, 2.75) is 5.92 Å². The molecular weight excluding hydrogens is 216 g/mol. The molecule has 0 radical (unpaired) electrons. The summed E-state index contributed by atoms with van der Waals surface area (Å²) in [5.74, 6) is 1.04. The zero-order valence-corrected chi connectivity index (χ0v) is 10.1. The summed E-state index contributed by atoms with van der Waals surface area (Å²) in [5.41, 5.74) is 2.86. The van der Waals surface area contributed by atoms with Crippen molar-refractivity contribution in [2.24, 2.45) is 5.92 Å². The van der Waals surface area contributed by atoms with Gasteiger partial charge in [-0.1, -0.05) is 72.9 Å². The Kier molecular flexibility index (Phi) is 2.04. The molecule has 2 aliphatic rings. The molecular formula is C18H14. The van der Waals surface area contributed by atoms with Gasteiger partial charge in [0.2, 0.25) is 0 Å². The van der Waals surface area contributed by atoms with E-state index in [1.54, 1.807) is 0 Å². The molecule has 4 rings (SSSR count). The summed E-state index contributed by atoms with van der Waals surface area (Å²) in [5, 5.41) is 2.70. The second kappa shape index (κ2) is 3.71. The molecule has 0 aliphatic heterocycles. The lowest BCUT2D eigenvalue weighted by Gasteiger charge is -2.28. The molecule has 0 heteroatoms. The van der Waals surface area contributed by atoms with Crippen LogP contribution < -0.4 is 0 Å². The third-order valence-corrected chi connectivity index (χ3v) is 4.03. The van der Waals surface area contributed by atoms with Gasteiger partial charge in [-0.3, -0.25) is 0 Å². The summed E-state index contributed by atoms with van der Waals surface area (Å²) >= 11 is 0. The van der Waals surface area contributed by atoms with Gasteiger partial charge in [-0.2, -0.15) is 0 Å². The van der Waals surface area contributed by atoms with Crippen LogP contribution in [0.2, 0.25) is 0 Å². The van der Waals surface area contributed by atoms with Crippen LogP contribution in [0.3, 0.4) is 0 Å². The van der Waals surface area contributed by atoms with Crippen LogP contribution in [-0.4, -0.2) is 0 Å². The van der Waals surface area contributed by atoms with E-state index in [2.05, 4.69) is 72.9 Å². The van der Waals surface area contributed by atoms with Crippen molar-refractivity contribution in [2.75, 3.05) is 0 Å². The number of benzene rings is 2. The minimum atomic E-state index is 0.514. The van der Waals surface area contributed by atoms with Crippen LogP contribution in [0, 0.1) is 5.92 Å². The summed E-state index contributed by atoms with van der Waals surface area (Å²) in [6.45, 7) is 0. The van der Waals surface area contributed by atoms with Gasteiger partial charge in [0.05, 0.1) is 0 Å². The van der Waals surface area contributed by atoms with Gasteiger partial charge in [0.25, 0.3) is 0 Å². The number of allylic oxidation sites excluding steroid dienone is 5. The van der Waals surface area contributed by atoms with Crippen LogP contribution in [0.15, 0.2) is 66.8 Å². The Balaban J connectivity index is 2.01. The van der Waals surface area contributed by atoms with Crippen molar-refractivity contribution in [3.05, 3.63) is 77.9 Å². The SMILES string of the molecule is C1=CC2C=Cc3c(ccc4ccccc34)C2C=C1. The molecule has 0 spiro atoms. The standard InChI is InChI=1S/C18H14/c1-3-7-15-13(5-1)9-11-18-16-8-4-2-6-14(16)10-12-17(15)18/h1-13,15H. The summed E-state index contributed by atoms with van der Waals surface area (Å²) in [4.78, 5) is 0. The Morgan fingerprint density at radius 1 is 0.778 bits per heavy atom. The number of fused-ring (bicyclic) bond motifs is 5.